The minimum atomic E-state index is 0.230. The van der Waals surface area contributed by atoms with E-state index in [1.807, 2.05) is 11.3 Å². The summed E-state index contributed by atoms with van der Waals surface area (Å²) in [6.07, 6.45) is 14.2. The van der Waals surface area contributed by atoms with Crippen LogP contribution in [0.15, 0.2) is 188 Å². The lowest BCUT2D eigenvalue weighted by atomic mass is 9.86. The zero-order chi connectivity index (χ0) is 39.3. The molecule has 1 nitrogen and oxygen atoms in total. The van der Waals surface area contributed by atoms with Crippen molar-refractivity contribution < 1.29 is 0 Å². The van der Waals surface area contributed by atoms with Crippen molar-refractivity contribution in [2.24, 2.45) is 0 Å². The van der Waals surface area contributed by atoms with Crippen LogP contribution in [0, 0.1) is 0 Å². The van der Waals surface area contributed by atoms with Gasteiger partial charge in [-0.3, -0.25) is 0 Å². The summed E-state index contributed by atoms with van der Waals surface area (Å²) < 4.78 is 2.68. The van der Waals surface area contributed by atoms with Crippen LogP contribution < -0.4 is 15.3 Å². The van der Waals surface area contributed by atoms with Crippen LogP contribution >= 0.6 is 11.3 Å². The Morgan fingerprint density at radius 2 is 1.02 bits per heavy atom. The van der Waals surface area contributed by atoms with E-state index >= 15 is 0 Å². The lowest BCUT2D eigenvalue weighted by Crippen LogP contribution is -2.31. The summed E-state index contributed by atoms with van der Waals surface area (Å²) in [7, 11) is 0. The van der Waals surface area contributed by atoms with Crippen LogP contribution in [0.4, 0.5) is 11.4 Å². The Bertz CT molecular complexity index is 3240. The molecule has 2 heteroatoms. The second kappa shape index (κ2) is 14.9. The average molecular weight is 774 g/mol. The Morgan fingerprint density at radius 1 is 0.475 bits per heavy atom. The molecule has 1 aliphatic heterocycles. The largest absolute Gasteiger partial charge is 0.337 e. The number of benzene rings is 8. The van der Waals surface area contributed by atoms with Gasteiger partial charge in [-0.2, -0.15) is 0 Å². The zero-order valence-corrected chi connectivity index (χ0v) is 33.9. The van der Waals surface area contributed by atoms with Gasteiger partial charge in [0.1, 0.15) is 0 Å². The van der Waals surface area contributed by atoms with Crippen LogP contribution in [0.2, 0.25) is 0 Å². The number of hydrogen-bond acceptors (Lipinski definition) is 2. The van der Waals surface area contributed by atoms with E-state index in [1.165, 1.54) is 103 Å². The Labute approximate surface area is 349 Å². The molecular weight excluding hydrogens is 731 g/mol. The Kier molecular flexibility index (Phi) is 8.94. The van der Waals surface area contributed by atoms with Gasteiger partial charge in [0.25, 0.3) is 0 Å². The molecule has 0 radical (unpaired) electrons. The van der Waals surface area contributed by atoms with Gasteiger partial charge in [-0.25, -0.2) is 0 Å². The average Bonchev–Trinajstić information content (AvgIpc) is 3.72. The number of fused-ring (bicyclic) bond motifs is 6. The van der Waals surface area contributed by atoms with Crippen LogP contribution in [0.25, 0.3) is 82.1 Å². The van der Waals surface area contributed by atoms with Crippen LogP contribution in [0.5, 0.6) is 0 Å². The van der Waals surface area contributed by atoms with Crippen molar-refractivity contribution in [1.82, 2.24) is 0 Å². The van der Waals surface area contributed by atoms with Crippen molar-refractivity contribution in [3.05, 3.63) is 210 Å². The second-order valence-corrected chi connectivity index (χ2v) is 16.9. The highest BCUT2D eigenvalue weighted by atomic mass is 32.1. The third-order valence-corrected chi connectivity index (χ3v) is 13.7. The molecular formula is C57H43NS. The maximum atomic E-state index is 2.51. The summed E-state index contributed by atoms with van der Waals surface area (Å²) >= 11 is 1.92. The fourth-order valence-electron chi connectivity index (χ4n) is 9.56. The molecule has 1 atom stereocenters. The lowest BCUT2D eigenvalue weighted by Gasteiger charge is -2.27. The molecule has 0 bridgehead atoms. The first-order chi connectivity index (χ1) is 29.2. The third kappa shape index (κ3) is 6.15. The van der Waals surface area contributed by atoms with Crippen molar-refractivity contribution >= 4 is 71.4 Å². The fraction of sp³-hybridized carbons (Fsp3) is 0.0877. The molecule has 1 aromatic heterocycles. The topological polar surface area (TPSA) is 3.24 Å². The van der Waals surface area contributed by atoms with E-state index in [4.69, 9.17) is 0 Å². The molecule has 0 fully saturated rings. The van der Waals surface area contributed by atoms with Crippen LogP contribution in [-0.4, -0.2) is 6.54 Å². The Hall–Kier alpha value is -6.74. The molecule has 282 valence electrons. The van der Waals surface area contributed by atoms with Gasteiger partial charge in [0.05, 0.1) is 0 Å². The van der Waals surface area contributed by atoms with E-state index in [-0.39, 0.29) is 5.92 Å². The summed E-state index contributed by atoms with van der Waals surface area (Å²) in [6, 6.07) is 62.7. The highest BCUT2D eigenvalue weighted by Gasteiger charge is 2.21. The number of thiophene rings is 1. The highest BCUT2D eigenvalue weighted by Crippen LogP contribution is 2.44. The molecule has 8 aromatic carbocycles. The zero-order valence-electron chi connectivity index (χ0n) is 33.1. The van der Waals surface area contributed by atoms with E-state index < -0.39 is 0 Å². The first kappa shape index (κ1) is 35.4. The van der Waals surface area contributed by atoms with Crippen LogP contribution in [0.1, 0.15) is 36.8 Å². The lowest BCUT2D eigenvalue weighted by molar-refractivity contribution is 0.951. The molecule has 1 unspecified atom stereocenters. The van der Waals surface area contributed by atoms with Gasteiger partial charge in [0, 0.05) is 44.0 Å². The number of anilines is 2. The van der Waals surface area contributed by atoms with Gasteiger partial charge in [0.2, 0.25) is 0 Å². The van der Waals surface area contributed by atoms with E-state index in [2.05, 4.69) is 212 Å². The number of hydrogen-bond donors (Lipinski definition) is 0. The van der Waals surface area contributed by atoms with Crippen molar-refractivity contribution in [3.8, 4) is 33.4 Å². The van der Waals surface area contributed by atoms with E-state index in [0.717, 1.165) is 19.4 Å². The molecule has 59 heavy (non-hydrogen) atoms. The first-order valence-electron chi connectivity index (χ1n) is 20.9. The molecule has 0 N–H and O–H groups in total. The SMILES string of the molecule is CC1/C=C\C(c2cccc3c2sc2c(-c4ccccc4)cccc23)=C/CN(c2ccc(-c3c4c(c(-c5ccccc5)c5ccccc35)=CCCC=4)cc2)c2ccccc21. The molecule has 0 saturated heterocycles. The van der Waals surface area contributed by atoms with Gasteiger partial charge in [-0.15, -0.1) is 11.3 Å². The summed E-state index contributed by atoms with van der Waals surface area (Å²) in [5.74, 6) is 0.230. The maximum absolute atomic E-state index is 2.51. The van der Waals surface area contributed by atoms with Crippen LogP contribution in [-0.2, 0) is 0 Å². The maximum Gasteiger partial charge on any atom is 0.0452 e. The summed E-state index contributed by atoms with van der Waals surface area (Å²) in [4.78, 5) is 2.51. The van der Waals surface area contributed by atoms with E-state index in [1.54, 1.807) is 0 Å². The van der Waals surface area contributed by atoms with Crippen LogP contribution in [0.3, 0.4) is 0 Å². The van der Waals surface area contributed by atoms with Crippen molar-refractivity contribution in [2.45, 2.75) is 25.7 Å². The van der Waals surface area contributed by atoms with Gasteiger partial charge in [-0.1, -0.05) is 189 Å². The number of rotatable bonds is 5. The third-order valence-electron chi connectivity index (χ3n) is 12.4. The van der Waals surface area contributed by atoms with Gasteiger partial charge in [-0.05, 0) is 102 Å². The normalized spacial score (nSPS) is 16.5. The van der Waals surface area contributed by atoms with Crippen molar-refractivity contribution in [3.63, 3.8) is 0 Å². The van der Waals surface area contributed by atoms with E-state index in [9.17, 15) is 0 Å². The first-order valence-corrected chi connectivity index (χ1v) is 21.7. The monoisotopic (exact) mass is 773 g/mol. The molecule has 11 rings (SSSR count). The summed E-state index contributed by atoms with van der Waals surface area (Å²) in [5.41, 5.74) is 14.1. The number of nitrogens with zero attached hydrogens (tertiary/aromatic N) is 1. The van der Waals surface area contributed by atoms with Crippen molar-refractivity contribution in [1.29, 1.82) is 0 Å². The molecule has 0 spiro atoms. The summed E-state index contributed by atoms with van der Waals surface area (Å²) in [6.45, 7) is 3.07. The minimum absolute atomic E-state index is 0.230. The Morgan fingerprint density at radius 3 is 1.69 bits per heavy atom. The standard InChI is InChI=1S/C57H43NS/c1-38-30-31-40(46-26-15-28-52-51-27-14-25-45(56(51)59-57(46)52)39-16-4-2-5-17-39)36-37-58(53-29-13-12-20-44(38)53)43-34-32-42(33-35-43)55-49-23-10-8-21-47(49)54(41-18-6-3-7-19-41)48-22-9-11-24-50(48)55/h2-8,10,12-36,38H,9,11,37H2,1H3/b31-30-,40-36+. The quantitative estimate of drug-likeness (QED) is 0.168. The molecule has 2 heterocycles. The minimum Gasteiger partial charge on any atom is -0.337 e. The second-order valence-electron chi connectivity index (χ2n) is 15.8. The summed E-state index contributed by atoms with van der Waals surface area (Å²) in [5, 5.41) is 7.96. The van der Waals surface area contributed by atoms with Gasteiger partial charge < -0.3 is 4.90 Å². The smallest absolute Gasteiger partial charge is 0.0452 e. The molecule has 2 aliphatic rings. The number of para-hydroxylation sites is 1. The highest BCUT2D eigenvalue weighted by molar-refractivity contribution is 7.26. The van der Waals surface area contributed by atoms with Gasteiger partial charge in [0.15, 0.2) is 0 Å². The molecule has 0 saturated carbocycles. The molecule has 0 amide bonds. The van der Waals surface area contributed by atoms with E-state index in [0.29, 0.717) is 0 Å². The molecule has 1 aliphatic carbocycles. The molecule has 9 aromatic rings. The predicted octanol–water partition coefficient (Wildman–Crippen LogP) is 14.5. The van der Waals surface area contributed by atoms with Gasteiger partial charge >= 0.3 is 0 Å². The Balaban J connectivity index is 1.03. The number of allylic oxidation sites excluding steroid dienone is 3. The fourth-order valence-corrected chi connectivity index (χ4v) is 10.9. The van der Waals surface area contributed by atoms with Crippen molar-refractivity contribution in [2.75, 3.05) is 11.4 Å². The predicted molar refractivity (Wildman–Crippen MR) is 256 cm³/mol.